The monoisotopic (exact) mass is 355 g/mol. The average Bonchev–Trinajstić information content (AvgIpc) is 2.30. The lowest BCUT2D eigenvalue weighted by atomic mass is 10.3. The molecular formula is C10H14INO3S. The summed E-state index contributed by atoms with van der Waals surface area (Å²) in [5.74, 6) is 0.584. The zero-order valence-electron chi connectivity index (χ0n) is 8.94. The lowest BCUT2D eigenvalue weighted by Gasteiger charge is -2.07. The second kappa shape index (κ2) is 6.41. The highest BCUT2D eigenvalue weighted by Gasteiger charge is 2.11. The van der Waals surface area contributed by atoms with Gasteiger partial charge < -0.3 is 4.74 Å². The highest BCUT2D eigenvalue weighted by Crippen LogP contribution is 2.17. The Balaban J connectivity index is 2.79. The van der Waals surface area contributed by atoms with Crippen molar-refractivity contribution in [2.45, 2.75) is 11.3 Å². The summed E-state index contributed by atoms with van der Waals surface area (Å²) in [7, 11) is -1.99. The van der Waals surface area contributed by atoms with Gasteiger partial charge in [0.25, 0.3) is 0 Å². The first kappa shape index (κ1) is 13.7. The molecule has 0 radical (unpaired) electrons. The van der Waals surface area contributed by atoms with Gasteiger partial charge in [0.1, 0.15) is 5.75 Å². The standard InChI is InChI=1S/C10H14INO3S/c1-12-16(13,14)10-5-2-4-9(8-10)15-7-3-6-11/h2,4-5,8,12H,3,6-7H2,1H3. The Hall–Kier alpha value is -0.340. The molecule has 1 rings (SSSR count). The summed E-state index contributed by atoms with van der Waals surface area (Å²) in [5, 5.41) is 0. The van der Waals surface area contributed by atoms with Gasteiger partial charge in [0.05, 0.1) is 11.5 Å². The molecule has 0 spiro atoms. The molecule has 0 saturated carbocycles. The largest absolute Gasteiger partial charge is 0.494 e. The number of sulfonamides is 1. The van der Waals surface area contributed by atoms with Crippen LogP contribution < -0.4 is 9.46 Å². The molecule has 0 bridgehead atoms. The van der Waals surface area contributed by atoms with E-state index in [0.29, 0.717) is 12.4 Å². The van der Waals surface area contributed by atoms with Crippen LogP contribution in [0.5, 0.6) is 5.75 Å². The normalized spacial score (nSPS) is 11.4. The van der Waals surface area contributed by atoms with Gasteiger partial charge in [-0.3, -0.25) is 0 Å². The number of benzene rings is 1. The van der Waals surface area contributed by atoms with E-state index in [4.69, 9.17) is 4.74 Å². The van der Waals surface area contributed by atoms with E-state index in [1.54, 1.807) is 12.1 Å². The van der Waals surface area contributed by atoms with Crippen molar-refractivity contribution >= 4 is 32.6 Å². The third-order valence-corrected chi connectivity index (χ3v) is 4.11. The molecule has 0 amide bonds. The summed E-state index contributed by atoms with van der Waals surface area (Å²) < 4.78 is 31.7. The number of hydrogen-bond donors (Lipinski definition) is 1. The lowest BCUT2D eigenvalue weighted by Crippen LogP contribution is -2.18. The van der Waals surface area contributed by atoms with Gasteiger partial charge in [-0.1, -0.05) is 28.7 Å². The zero-order valence-corrected chi connectivity index (χ0v) is 11.9. The van der Waals surface area contributed by atoms with Gasteiger partial charge in [-0.2, -0.15) is 0 Å². The number of nitrogens with one attached hydrogen (secondary N) is 1. The summed E-state index contributed by atoms with van der Waals surface area (Å²) in [6.45, 7) is 0.603. The molecule has 0 aliphatic heterocycles. The first-order valence-electron chi connectivity index (χ1n) is 4.82. The minimum absolute atomic E-state index is 0.224. The average molecular weight is 355 g/mol. The molecule has 0 aliphatic rings. The molecule has 0 saturated heterocycles. The van der Waals surface area contributed by atoms with Gasteiger partial charge in [-0.25, -0.2) is 13.1 Å². The van der Waals surface area contributed by atoms with Gasteiger partial charge in [-0.15, -0.1) is 0 Å². The van der Waals surface area contributed by atoms with Crippen molar-refractivity contribution in [1.82, 2.24) is 4.72 Å². The van der Waals surface area contributed by atoms with Crippen molar-refractivity contribution in [2.75, 3.05) is 18.1 Å². The quantitative estimate of drug-likeness (QED) is 0.481. The maximum atomic E-state index is 11.5. The zero-order chi connectivity index (χ0) is 12.0. The van der Waals surface area contributed by atoms with Crippen molar-refractivity contribution in [1.29, 1.82) is 0 Å². The summed E-state index contributed by atoms with van der Waals surface area (Å²) >= 11 is 2.27. The van der Waals surface area contributed by atoms with Crippen molar-refractivity contribution in [3.63, 3.8) is 0 Å². The lowest BCUT2D eigenvalue weighted by molar-refractivity contribution is 0.318. The Kier molecular flexibility index (Phi) is 5.50. The minimum Gasteiger partial charge on any atom is -0.494 e. The Morgan fingerprint density at radius 2 is 2.19 bits per heavy atom. The maximum Gasteiger partial charge on any atom is 0.240 e. The molecule has 16 heavy (non-hydrogen) atoms. The molecule has 1 N–H and O–H groups in total. The topological polar surface area (TPSA) is 55.4 Å². The maximum absolute atomic E-state index is 11.5. The Bertz CT molecular complexity index is 433. The first-order chi connectivity index (χ1) is 7.60. The van der Waals surface area contributed by atoms with Gasteiger partial charge in [0.15, 0.2) is 0 Å². The van der Waals surface area contributed by atoms with E-state index < -0.39 is 10.0 Å². The van der Waals surface area contributed by atoms with Crippen LogP contribution in [-0.4, -0.2) is 26.5 Å². The Morgan fingerprint density at radius 3 is 2.81 bits per heavy atom. The summed E-state index contributed by atoms with van der Waals surface area (Å²) in [6, 6.07) is 6.49. The van der Waals surface area contributed by atoms with Crippen LogP contribution in [0.2, 0.25) is 0 Å². The number of rotatable bonds is 6. The van der Waals surface area contributed by atoms with Gasteiger partial charge in [0, 0.05) is 10.5 Å². The SMILES string of the molecule is CNS(=O)(=O)c1cccc(OCCCI)c1. The third-order valence-electron chi connectivity index (χ3n) is 1.93. The molecule has 0 fully saturated rings. The van der Waals surface area contributed by atoms with Crippen LogP contribution in [0, 0.1) is 0 Å². The summed E-state index contributed by atoms with van der Waals surface area (Å²) in [6.07, 6.45) is 0.948. The molecule has 0 aliphatic carbocycles. The molecule has 4 nitrogen and oxygen atoms in total. The van der Waals surface area contributed by atoms with E-state index in [1.165, 1.54) is 19.2 Å². The molecule has 0 aromatic heterocycles. The Morgan fingerprint density at radius 1 is 1.44 bits per heavy atom. The molecule has 6 heteroatoms. The Labute approximate surface area is 110 Å². The van der Waals surface area contributed by atoms with Crippen molar-refractivity contribution in [2.24, 2.45) is 0 Å². The number of hydrogen-bond acceptors (Lipinski definition) is 3. The number of halogens is 1. The predicted molar refractivity (Wildman–Crippen MR) is 71.7 cm³/mol. The fourth-order valence-corrected chi connectivity index (χ4v) is 2.17. The molecule has 1 aromatic rings. The first-order valence-corrected chi connectivity index (χ1v) is 7.83. The molecule has 0 heterocycles. The van der Waals surface area contributed by atoms with Crippen molar-refractivity contribution < 1.29 is 13.2 Å². The second-order valence-corrected chi connectivity index (χ2v) is 6.04. The van der Waals surface area contributed by atoms with Crippen molar-refractivity contribution in [3.05, 3.63) is 24.3 Å². The second-order valence-electron chi connectivity index (χ2n) is 3.07. The van der Waals surface area contributed by atoms with Crippen LogP contribution in [-0.2, 0) is 10.0 Å². The molecular weight excluding hydrogens is 341 g/mol. The smallest absolute Gasteiger partial charge is 0.240 e. The highest BCUT2D eigenvalue weighted by molar-refractivity contribution is 14.1. The minimum atomic E-state index is -3.38. The molecule has 0 unspecified atom stereocenters. The number of alkyl halides is 1. The third kappa shape index (κ3) is 3.91. The molecule has 0 atom stereocenters. The van der Waals surface area contributed by atoms with E-state index in [1.807, 2.05) is 0 Å². The van der Waals surface area contributed by atoms with E-state index >= 15 is 0 Å². The predicted octanol–water partition coefficient (Wildman–Crippen LogP) is 1.80. The highest BCUT2D eigenvalue weighted by atomic mass is 127. The van der Waals surface area contributed by atoms with Gasteiger partial charge in [-0.05, 0) is 25.6 Å². The van der Waals surface area contributed by atoms with E-state index in [0.717, 1.165) is 10.8 Å². The van der Waals surface area contributed by atoms with E-state index in [2.05, 4.69) is 27.3 Å². The molecule has 90 valence electrons. The van der Waals surface area contributed by atoms with Crippen LogP contribution in [0.1, 0.15) is 6.42 Å². The fourth-order valence-electron chi connectivity index (χ4n) is 1.09. The van der Waals surface area contributed by atoms with Gasteiger partial charge in [0.2, 0.25) is 10.0 Å². The summed E-state index contributed by atoms with van der Waals surface area (Å²) in [5.41, 5.74) is 0. The fraction of sp³-hybridized carbons (Fsp3) is 0.400. The van der Waals surface area contributed by atoms with Crippen LogP contribution in [0.25, 0.3) is 0 Å². The van der Waals surface area contributed by atoms with E-state index in [9.17, 15) is 8.42 Å². The molecule has 1 aromatic carbocycles. The van der Waals surface area contributed by atoms with Crippen molar-refractivity contribution in [3.8, 4) is 5.75 Å². The van der Waals surface area contributed by atoms with Crippen LogP contribution in [0.15, 0.2) is 29.2 Å². The number of ether oxygens (including phenoxy) is 1. The van der Waals surface area contributed by atoms with Crippen LogP contribution >= 0.6 is 22.6 Å². The summed E-state index contributed by atoms with van der Waals surface area (Å²) in [4.78, 5) is 0.224. The van der Waals surface area contributed by atoms with Crippen LogP contribution in [0.3, 0.4) is 0 Å². The van der Waals surface area contributed by atoms with Gasteiger partial charge >= 0.3 is 0 Å². The van der Waals surface area contributed by atoms with E-state index in [-0.39, 0.29) is 4.90 Å². The van der Waals surface area contributed by atoms with Crippen LogP contribution in [0.4, 0.5) is 0 Å².